The quantitative estimate of drug-likeness (QED) is 0.472. The molecule has 0 amide bonds. The molecule has 140 valence electrons. The highest BCUT2D eigenvalue weighted by Gasteiger charge is 2.22. The molecule has 1 fully saturated rings. The fraction of sp³-hybridized carbons (Fsp3) is 0.478. The number of hydrogen-bond donors (Lipinski definition) is 0. The molecule has 2 aromatic carbocycles. The maximum atomic E-state index is 13.8. The van der Waals surface area contributed by atoms with Crippen molar-refractivity contribution in [1.29, 1.82) is 0 Å². The zero-order chi connectivity index (χ0) is 18.5. The lowest BCUT2D eigenvalue weighted by Crippen LogP contribution is -2.13. The van der Waals surface area contributed by atoms with E-state index in [1.165, 1.54) is 50.3 Å². The van der Waals surface area contributed by atoms with Crippen LogP contribution in [-0.2, 0) is 0 Å². The summed E-state index contributed by atoms with van der Waals surface area (Å²) in [5.41, 5.74) is 2.79. The summed E-state index contributed by atoms with van der Waals surface area (Å²) in [4.78, 5) is 0. The molecule has 0 radical (unpaired) electrons. The normalized spacial score (nSPS) is 20.3. The molecule has 0 atom stereocenters. The summed E-state index contributed by atoms with van der Waals surface area (Å²) in [6.45, 7) is 1.25. The molecule has 3 heteroatoms. The predicted octanol–water partition coefficient (Wildman–Crippen LogP) is 7.35. The van der Waals surface area contributed by atoms with E-state index in [-0.39, 0.29) is 12.2 Å². The molecule has 26 heavy (non-hydrogen) atoms. The van der Waals surface area contributed by atoms with Crippen LogP contribution in [0.3, 0.4) is 0 Å². The number of halogens is 3. The molecule has 0 unspecified atom stereocenters. The van der Waals surface area contributed by atoms with Crippen LogP contribution >= 0.6 is 0 Å². The first kappa shape index (κ1) is 19.0. The summed E-state index contributed by atoms with van der Waals surface area (Å²) in [5, 5.41) is 0. The Morgan fingerprint density at radius 2 is 1.46 bits per heavy atom. The average molecular weight is 360 g/mol. The average Bonchev–Trinajstić information content (AvgIpc) is 2.67. The Labute approximate surface area is 154 Å². The van der Waals surface area contributed by atoms with Crippen molar-refractivity contribution in [2.75, 3.05) is 6.67 Å². The van der Waals surface area contributed by atoms with Crippen LogP contribution in [0.2, 0.25) is 0 Å². The highest BCUT2D eigenvalue weighted by molar-refractivity contribution is 5.64. The predicted molar refractivity (Wildman–Crippen MR) is 101 cm³/mol. The molecule has 0 aromatic heterocycles. The molecule has 0 bridgehead atoms. The molecular formula is C23H27F3. The zero-order valence-corrected chi connectivity index (χ0v) is 15.4. The van der Waals surface area contributed by atoms with Crippen molar-refractivity contribution in [2.45, 2.75) is 57.8 Å². The summed E-state index contributed by atoms with van der Waals surface area (Å²) in [6.07, 6.45) is 7.63. The molecule has 0 saturated heterocycles. The van der Waals surface area contributed by atoms with Crippen LogP contribution in [0.5, 0.6) is 0 Å². The monoisotopic (exact) mass is 360 g/mol. The van der Waals surface area contributed by atoms with Crippen LogP contribution in [0.25, 0.3) is 11.1 Å². The Bertz CT molecular complexity index is 690. The summed E-state index contributed by atoms with van der Waals surface area (Å²) < 4.78 is 39.8. The van der Waals surface area contributed by atoms with Crippen molar-refractivity contribution in [2.24, 2.45) is 5.92 Å². The number of rotatable bonds is 6. The topological polar surface area (TPSA) is 0 Å². The SMILES string of the molecule is Cc1c(F)cc(-c2ccc(C3CCC(CCCCF)CC3)cc2)cc1F. The Kier molecular flexibility index (Phi) is 6.39. The van der Waals surface area contributed by atoms with Gasteiger partial charge in [-0.15, -0.1) is 0 Å². The van der Waals surface area contributed by atoms with Crippen LogP contribution in [0.4, 0.5) is 13.2 Å². The minimum absolute atomic E-state index is 0.0636. The molecule has 2 aromatic rings. The molecule has 1 saturated carbocycles. The Morgan fingerprint density at radius 3 is 2.04 bits per heavy atom. The van der Waals surface area contributed by atoms with E-state index in [9.17, 15) is 13.2 Å². The molecule has 0 nitrogen and oxygen atoms in total. The van der Waals surface area contributed by atoms with Gasteiger partial charge in [-0.25, -0.2) is 8.78 Å². The van der Waals surface area contributed by atoms with Gasteiger partial charge in [-0.3, -0.25) is 4.39 Å². The van der Waals surface area contributed by atoms with E-state index in [1.54, 1.807) is 0 Å². The smallest absolute Gasteiger partial charge is 0.129 e. The molecule has 0 aliphatic heterocycles. The third-order valence-electron chi connectivity index (χ3n) is 5.84. The minimum Gasteiger partial charge on any atom is -0.251 e. The Morgan fingerprint density at radius 1 is 0.846 bits per heavy atom. The minimum atomic E-state index is -0.504. The molecule has 0 spiro atoms. The van der Waals surface area contributed by atoms with E-state index in [0.29, 0.717) is 17.9 Å². The first-order valence-corrected chi connectivity index (χ1v) is 9.70. The lowest BCUT2D eigenvalue weighted by atomic mass is 9.77. The standard InChI is InChI=1S/C23H27F3/c1-16-22(25)14-21(15-23(16)26)20-11-9-19(10-12-20)18-7-5-17(6-8-18)4-2-3-13-24/h9-12,14-15,17-18H,2-8,13H2,1H3. The molecule has 1 aliphatic rings. The molecular weight excluding hydrogens is 333 g/mol. The van der Waals surface area contributed by atoms with Crippen molar-refractivity contribution < 1.29 is 13.2 Å². The van der Waals surface area contributed by atoms with E-state index >= 15 is 0 Å². The summed E-state index contributed by atoms with van der Waals surface area (Å²) in [7, 11) is 0. The van der Waals surface area contributed by atoms with Gasteiger partial charge >= 0.3 is 0 Å². The van der Waals surface area contributed by atoms with Crippen LogP contribution in [0.15, 0.2) is 36.4 Å². The number of unbranched alkanes of at least 4 members (excludes halogenated alkanes) is 1. The summed E-state index contributed by atoms with van der Waals surface area (Å²) in [6, 6.07) is 10.9. The van der Waals surface area contributed by atoms with Crippen molar-refractivity contribution >= 4 is 0 Å². The largest absolute Gasteiger partial charge is 0.251 e. The van der Waals surface area contributed by atoms with Crippen molar-refractivity contribution in [1.82, 2.24) is 0 Å². The van der Waals surface area contributed by atoms with Gasteiger partial charge in [-0.2, -0.15) is 0 Å². The van der Waals surface area contributed by atoms with Crippen LogP contribution in [-0.4, -0.2) is 6.67 Å². The second kappa shape index (κ2) is 8.75. The van der Waals surface area contributed by atoms with Gasteiger partial charge in [0.15, 0.2) is 0 Å². The Balaban J connectivity index is 1.62. The van der Waals surface area contributed by atoms with E-state index in [2.05, 4.69) is 12.1 Å². The summed E-state index contributed by atoms with van der Waals surface area (Å²) >= 11 is 0. The molecule has 3 rings (SSSR count). The van der Waals surface area contributed by atoms with Gasteiger partial charge in [0.2, 0.25) is 0 Å². The van der Waals surface area contributed by atoms with Crippen molar-refractivity contribution in [3.63, 3.8) is 0 Å². The third-order valence-corrected chi connectivity index (χ3v) is 5.84. The van der Waals surface area contributed by atoms with E-state index in [0.717, 1.165) is 24.3 Å². The third kappa shape index (κ3) is 4.49. The molecule has 1 aliphatic carbocycles. The number of alkyl halides is 1. The van der Waals surface area contributed by atoms with Gasteiger partial charge in [0.05, 0.1) is 6.67 Å². The van der Waals surface area contributed by atoms with E-state index in [4.69, 9.17) is 0 Å². The first-order valence-electron chi connectivity index (χ1n) is 9.70. The highest BCUT2D eigenvalue weighted by atomic mass is 19.1. The second-order valence-electron chi connectivity index (χ2n) is 7.59. The van der Waals surface area contributed by atoms with Crippen LogP contribution in [0.1, 0.15) is 62.0 Å². The van der Waals surface area contributed by atoms with Gasteiger partial charge in [-0.1, -0.05) is 37.1 Å². The molecule has 0 N–H and O–H groups in total. The fourth-order valence-electron chi connectivity index (χ4n) is 4.07. The van der Waals surface area contributed by atoms with Gasteiger partial charge in [-0.05, 0) is 79.7 Å². The van der Waals surface area contributed by atoms with Gasteiger partial charge in [0.25, 0.3) is 0 Å². The first-order chi connectivity index (χ1) is 12.6. The van der Waals surface area contributed by atoms with Crippen molar-refractivity contribution in [3.05, 3.63) is 59.2 Å². The number of benzene rings is 2. The summed E-state index contributed by atoms with van der Waals surface area (Å²) in [5.74, 6) is 0.300. The lowest BCUT2D eigenvalue weighted by Gasteiger charge is -2.29. The maximum absolute atomic E-state index is 13.8. The van der Waals surface area contributed by atoms with Gasteiger partial charge in [0, 0.05) is 5.56 Å². The lowest BCUT2D eigenvalue weighted by molar-refractivity contribution is 0.298. The second-order valence-corrected chi connectivity index (χ2v) is 7.59. The Hall–Kier alpha value is -1.77. The number of hydrogen-bond acceptors (Lipinski definition) is 0. The van der Waals surface area contributed by atoms with Crippen LogP contribution < -0.4 is 0 Å². The highest BCUT2D eigenvalue weighted by Crippen LogP contribution is 2.38. The van der Waals surface area contributed by atoms with E-state index in [1.807, 2.05) is 12.1 Å². The fourth-order valence-corrected chi connectivity index (χ4v) is 4.07. The van der Waals surface area contributed by atoms with Crippen LogP contribution in [0, 0.1) is 24.5 Å². The zero-order valence-electron chi connectivity index (χ0n) is 15.4. The van der Waals surface area contributed by atoms with E-state index < -0.39 is 11.6 Å². The van der Waals surface area contributed by atoms with Gasteiger partial charge in [0.1, 0.15) is 11.6 Å². The van der Waals surface area contributed by atoms with Gasteiger partial charge < -0.3 is 0 Å². The maximum Gasteiger partial charge on any atom is 0.129 e. The van der Waals surface area contributed by atoms with Crippen molar-refractivity contribution in [3.8, 4) is 11.1 Å². The molecule has 0 heterocycles.